The SMILES string of the molecule is COc1ccc(N=CN/N=C(\N)c2cccnc2NCc2ccc3c(c2)OCO3)c(OC)c1. The van der Waals surface area contributed by atoms with Crippen molar-refractivity contribution in [3.63, 3.8) is 0 Å². The van der Waals surface area contributed by atoms with E-state index in [4.69, 9.17) is 24.7 Å². The number of hydrogen-bond donors (Lipinski definition) is 3. The van der Waals surface area contributed by atoms with Crippen LogP contribution in [0.3, 0.4) is 0 Å². The summed E-state index contributed by atoms with van der Waals surface area (Å²) in [7, 11) is 3.16. The number of ether oxygens (including phenoxy) is 4. The lowest BCUT2D eigenvalue weighted by atomic mass is 10.2. The van der Waals surface area contributed by atoms with Crippen LogP contribution >= 0.6 is 0 Å². The maximum absolute atomic E-state index is 6.18. The summed E-state index contributed by atoms with van der Waals surface area (Å²) in [5.41, 5.74) is 11.2. The van der Waals surface area contributed by atoms with Gasteiger partial charge in [0.05, 0.1) is 19.8 Å². The van der Waals surface area contributed by atoms with Crippen LogP contribution in [0.25, 0.3) is 0 Å². The van der Waals surface area contributed by atoms with E-state index < -0.39 is 0 Å². The number of nitrogens with one attached hydrogen (secondary N) is 2. The number of aromatic nitrogens is 1. The zero-order valence-corrected chi connectivity index (χ0v) is 18.2. The largest absolute Gasteiger partial charge is 0.497 e. The van der Waals surface area contributed by atoms with Gasteiger partial charge in [-0.2, -0.15) is 5.10 Å². The number of amidine groups is 1. The Morgan fingerprint density at radius 3 is 2.85 bits per heavy atom. The molecular formula is C23H24N6O4. The number of hydrazone groups is 1. The molecule has 10 heteroatoms. The Bertz CT molecular complexity index is 1180. The highest BCUT2D eigenvalue weighted by Crippen LogP contribution is 2.33. The van der Waals surface area contributed by atoms with Crippen molar-refractivity contribution in [2.75, 3.05) is 26.3 Å². The minimum absolute atomic E-state index is 0.241. The van der Waals surface area contributed by atoms with Crippen molar-refractivity contribution in [3.05, 3.63) is 65.9 Å². The molecule has 170 valence electrons. The highest BCUT2D eigenvalue weighted by Gasteiger charge is 2.14. The molecule has 3 aromatic rings. The summed E-state index contributed by atoms with van der Waals surface area (Å²) in [4.78, 5) is 8.70. The lowest BCUT2D eigenvalue weighted by Gasteiger charge is -2.11. The van der Waals surface area contributed by atoms with E-state index in [1.807, 2.05) is 24.3 Å². The molecule has 2 aromatic carbocycles. The molecule has 0 amide bonds. The van der Waals surface area contributed by atoms with E-state index >= 15 is 0 Å². The third kappa shape index (κ3) is 5.24. The molecule has 0 aliphatic carbocycles. The predicted molar refractivity (Wildman–Crippen MR) is 126 cm³/mol. The van der Waals surface area contributed by atoms with Crippen LogP contribution in [0.2, 0.25) is 0 Å². The molecule has 0 atom stereocenters. The fraction of sp³-hybridized carbons (Fsp3) is 0.174. The van der Waals surface area contributed by atoms with Gasteiger partial charge in [0.2, 0.25) is 6.79 Å². The molecule has 0 saturated carbocycles. The van der Waals surface area contributed by atoms with Crippen LogP contribution in [-0.4, -0.2) is 38.2 Å². The molecule has 4 N–H and O–H groups in total. The standard InChI is InChI=1S/C23H24N6O4/c1-30-16-6-7-18(20(11-16)31-2)27-13-28-29-22(24)17-4-3-9-25-23(17)26-12-15-5-8-19-21(10-15)33-14-32-19/h3-11,13H,12,14H2,1-2H3,(H2,24,29)(H,25,26)(H,27,28). The van der Waals surface area contributed by atoms with Gasteiger partial charge in [0.25, 0.3) is 0 Å². The second kappa shape index (κ2) is 10.2. The molecule has 1 aliphatic heterocycles. The van der Waals surface area contributed by atoms with Crippen LogP contribution in [0.4, 0.5) is 11.5 Å². The zero-order valence-electron chi connectivity index (χ0n) is 18.2. The normalized spacial score (nSPS) is 12.6. The van der Waals surface area contributed by atoms with Gasteiger partial charge in [0.15, 0.2) is 17.3 Å². The van der Waals surface area contributed by atoms with Crippen LogP contribution in [0, 0.1) is 0 Å². The van der Waals surface area contributed by atoms with E-state index in [9.17, 15) is 0 Å². The average molecular weight is 448 g/mol. The van der Waals surface area contributed by atoms with E-state index in [1.54, 1.807) is 44.7 Å². The molecule has 0 unspecified atom stereocenters. The van der Waals surface area contributed by atoms with Gasteiger partial charge in [-0.05, 0) is 42.0 Å². The van der Waals surface area contributed by atoms with Gasteiger partial charge in [0, 0.05) is 18.8 Å². The van der Waals surface area contributed by atoms with E-state index in [2.05, 4.69) is 25.8 Å². The number of benzene rings is 2. The van der Waals surface area contributed by atoms with Gasteiger partial charge in [0.1, 0.15) is 29.3 Å². The first-order valence-electron chi connectivity index (χ1n) is 10.1. The molecule has 2 heterocycles. The Morgan fingerprint density at radius 2 is 2.00 bits per heavy atom. The smallest absolute Gasteiger partial charge is 0.231 e. The second-order valence-electron chi connectivity index (χ2n) is 6.86. The van der Waals surface area contributed by atoms with Crippen LogP contribution in [0.5, 0.6) is 23.0 Å². The number of anilines is 1. The molecule has 33 heavy (non-hydrogen) atoms. The van der Waals surface area contributed by atoms with Gasteiger partial charge in [-0.1, -0.05) is 6.07 Å². The molecule has 0 bridgehead atoms. The molecule has 0 saturated heterocycles. The Kier molecular flexibility index (Phi) is 6.74. The van der Waals surface area contributed by atoms with E-state index in [-0.39, 0.29) is 12.6 Å². The summed E-state index contributed by atoms with van der Waals surface area (Å²) in [5, 5.41) is 7.46. The monoisotopic (exact) mass is 448 g/mol. The molecule has 0 spiro atoms. The van der Waals surface area contributed by atoms with E-state index in [0.717, 1.165) is 17.1 Å². The topological polar surface area (TPSA) is 125 Å². The first-order chi connectivity index (χ1) is 16.2. The molecule has 10 nitrogen and oxygen atoms in total. The van der Waals surface area contributed by atoms with Gasteiger partial charge in [-0.25, -0.2) is 9.98 Å². The number of methoxy groups -OCH3 is 2. The minimum atomic E-state index is 0.241. The Morgan fingerprint density at radius 1 is 1.12 bits per heavy atom. The van der Waals surface area contributed by atoms with Crippen molar-refractivity contribution < 1.29 is 18.9 Å². The van der Waals surface area contributed by atoms with Crippen LogP contribution in [0.15, 0.2) is 64.8 Å². The molecule has 0 radical (unpaired) electrons. The Labute approximate surface area is 191 Å². The van der Waals surface area contributed by atoms with Crippen LogP contribution < -0.4 is 35.4 Å². The van der Waals surface area contributed by atoms with E-state index in [0.29, 0.717) is 35.1 Å². The Hall–Kier alpha value is -4.47. The van der Waals surface area contributed by atoms with Crippen molar-refractivity contribution in [2.45, 2.75) is 6.54 Å². The van der Waals surface area contributed by atoms with Crippen LogP contribution in [0.1, 0.15) is 11.1 Å². The minimum Gasteiger partial charge on any atom is -0.497 e. The van der Waals surface area contributed by atoms with Crippen molar-refractivity contribution in [3.8, 4) is 23.0 Å². The first kappa shape index (κ1) is 21.8. The van der Waals surface area contributed by atoms with Crippen molar-refractivity contribution in [2.24, 2.45) is 15.8 Å². The number of nitrogens with two attached hydrogens (primary N) is 1. The van der Waals surface area contributed by atoms with Gasteiger partial charge in [-0.3, -0.25) is 5.43 Å². The third-order valence-electron chi connectivity index (χ3n) is 4.81. The molecule has 4 rings (SSSR count). The highest BCUT2D eigenvalue weighted by atomic mass is 16.7. The quantitative estimate of drug-likeness (QED) is 0.259. The summed E-state index contributed by atoms with van der Waals surface area (Å²) in [6.45, 7) is 0.769. The Balaban J connectivity index is 1.41. The molecule has 0 fully saturated rings. The number of nitrogens with zero attached hydrogens (tertiary/aromatic N) is 3. The number of fused-ring (bicyclic) bond motifs is 1. The number of hydrogen-bond acceptors (Lipinski definition) is 8. The first-order valence-corrected chi connectivity index (χ1v) is 10.1. The zero-order chi connectivity index (χ0) is 23.0. The van der Waals surface area contributed by atoms with Gasteiger partial charge >= 0.3 is 0 Å². The van der Waals surface area contributed by atoms with E-state index in [1.165, 1.54) is 6.34 Å². The summed E-state index contributed by atoms with van der Waals surface area (Å²) >= 11 is 0. The average Bonchev–Trinajstić information content (AvgIpc) is 3.33. The lowest BCUT2D eigenvalue weighted by Crippen LogP contribution is -2.20. The fourth-order valence-corrected chi connectivity index (χ4v) is 3.14. The summed E-state index contributed by atoms with van der Waals surface area (Å²) in [5.74, 6) is 3.59. The molecule has 1 aliphatic rings. The lowest BCUT2D eigenvalue weighted by molar-refractivity contribution is 0.174. The van der Waals surface area contributed by atoms with Gasteiger partial charge < -0.3 is 30.0 Å². The third-order valence-corrected chi connectivity index (χ3v) is 4.81. The molecular weight excluding hydrogens is 424 g/mol. The highest BCUT2D eigenvalue weighted by molar-refractivity contribution is 6.01. The number of rotatable bonds is 9. The second-order valence-corrected chi connectivity index (χ2v) is 6.86. The summed E-state index contributed by atoms with van der Waals surface area (Å²) in [6, 6.07) is 14.7. The maximum atomic E-state index is 6.18. The number of pyridine rings is 1. The number of aliphatic imine (C=N–C) groups is 1. The molecule has 1 aromatic heterocycles. The predicted octanol–water partition coefficient (Wildman–Crippen LogP) is 3.01. The van der Waals surface area contributed by atoms with Crippen molar-refractivity contribution >= 4 is 23.7 Å². The fourth-order valence-electron chi connectivity index (χ4n) is 3.14. The van der Waals surface area contributed by atoms with Crippen LogP contribution in [-0.2, 0) is 6.54 Å². The van der Waals surface area contributed by atoms with Gasteiger partial charge in [-0.15, -0.1) is 0 Å². The maximum Gasteiger partial charge on any atom is 0.231 e. The van der Waals surface area contributed by atoms with Crippen molar-refractivity contribution in [1.82, 2.24) is 10.4 Å². The van der Waals surface area contributed by atoms with Crippen molar-refractivity contribution in [1.29, 1.82) is 0 Å². The summed E-state index contributed by atoms with van der Waals surface area (Å²) < 4.78 is 21.3. The summed E-state index contributed by atoms with van der Waals surface area (Å²) in [6.07, 6.45) is 3.11.